The summed E-state index contributed by atoms with van der Waals surface area (Å²) in [6, 6.07) is 13.6. The monoisotopic (exact) mass is 365 g/mol. The van der Waals surface area contributed by atoms with E-state index in [1.165, 1.54) is 12.1 Å². The topological polar surface area (TPSA) is 46.2 Å². The van der Waals surface area contributed by atoms with Crippen molar-refractivity contribution in [3.63, 3.8) is 0 Å². The number of thioether (sulfide) groups is 1. The quantitative estimate of drug-likeness (QED) is 0.574. The Hall–Kier alpha value is -1.66. The van der Waals surface area contributed by atoms with Crippen LogP contribution in [0.2, 0.25) is 0 Å². The fraction of sp³-hybridized carbons (Fsp3) is 0.278. The average Bonchev–Trinajstić information content (AvgIpc) is 2.55. The van der Waals surface area contributed by atoms with Gasteiger partial charge in [0, 0.05) is 39.8 Å². The van der Waals surface area contributed by atoms with Gasteiger partial charge in [-0.2, -0.15) is 0 Å². The average molecular weight is 365 g/mol. The van der Waals surface area contributed by atoms with Gasteiger partial charge in [-0.25, -0.2) is 4.39 Å². The van der Waals surface area contributed by atoms with Gasteiger partial charge < -0.3 is 5.32 Å². The summed E-state index contributed by atoms with van der Waals surface area (Å²) < 4.78 is 24.1. The van der Waals surface area contributed by atoms with Crippen LogP contribution in [0.5, 0.6) is 0 Å². The number of hydrogen-bond acceptors (Lipinski definition) is 3. The molecule has 1 atom stereocenters. The Balaban J connectivity index is 1.73. The Morgan fingerprint density at radius 3 is 2.67 bits per heavy atom. The van der Waals surface area contributed by atoms with E-state index in [1.807, 2.05) is 12.1 Å². The molecule has 6 heteroatoms. The summed E-state index contributed by atoms with van der Waals surface area (Å²) in [4.78, 5) is 13.1. The molecule has 0 aromatic heterocycles. The number of hydrogen-bond donors (Lipinski definition) is 1. The van der Waals surface area contributed by atoms with E-state index in [2.05, 4.69) is 5.32 Å². The van der Waals surface area contributed by atoms with Crippen LogP contribution in [0, 0.1) is 5.82 Å². The third kappa shape index (κ3) is 6.45. The highest BCUT2D eigenvalue weighted by Gasteiger charge is 2.06. The van der Waals surface area contributed by atoms with Crippen LogP contribution >= 0.6 is 11.8 Å². The van der Waals surface area contributed by atoms with Crippen LogP contribution in [0.3, 0.4) is 0 Å². The molecule has 0 fully saturated rings. The number of carbonyl (C=O) groups excluding carboxylic acids is 1. The number of nitrogens with one attached hydrogen (secondary N) is 1. The van der Waals surface area contributed by atoms with E-state index in [4.69, 9.17) is 0 Å². The Labute approximate surface area is 148 Å². The molecule has 2 rings (SSSR count). The standard InChI is InChI=1S/C18H20FNO2S2/c1-24(22)13-14-4-2-5-15(12-14)18(21)20-10-3-11-23-17-8-6-16(19)7-9-17/h2,4-9,12H,3,10-11,13H2,1H3,(H,20,21). The van der Waals surface area contributed by atoms with E-state index in [0.717, 1.165) is 22.6 Å². The first-order valence-electron chi connectivity index (χ1n) is 7.60. The van der Waals surface area contributed by atoms with Crippen molar-refractivity contribution in [3.05, 3.63) is 65.5 Å². The molecule has 3 nitrogen and oxygen atoms in total. The summed E-state index contributed by atoms with van der Waals surface area (Å²) in [5.74, 6) is 0.946. The molecule has 0 spiro atoms. The zero-order chi connectivity index (χ0) is 17.4. The van der Waals surface area contributed by atoms with Crippen LogP contribution in [-0.2, 0) is 16.6 Å². The lowest BCUT2D eigenvalue weighted by atomic mass is 10.1. The second-order valence-corrected chi connectivity index (χ2v) is 7.93. The first-order chi connectivity index (χ1) is 11.5. The lowest BCUT2D eigenvalue weighted by Crippen LogP contribution is -2.24. The van der Waals surface area contributed by atoms with E-state index in [1.54, 1.807) is 42.3 Å². The highest BCUT2D eigenvalue weighted by atomic mass is 32.2. The molecule has 0 heterocycles. The lowest BCUT2D eigenvalue weighted by molar-refractivity contribution is 0.0953. The van der Waals surface area contributed by atoms with Gasteiger partial charge in [-0.05, 0) is 54.1 Å². The Kier molecular flexibility index (Phi) is 7.46. The van der Waals surface area contributed by atoms with Gasteiger partial charge in [0.05, 0.1) is 0 Å². The van der Waals surface area contributed by atoms with Crippen LogP contribution in [0.4, 0.5) is 4.39 Å². The van der Waals surface area contributed by atoms with Gasteiger partial charge >= 0.3 is 0 Å². The Morgan fingerprint density at radius 1 is 1.21 bits per heavy atom. The molecule has 1 unspecified atom stereocenters. The molecule has 128 valence electrons. The molecule has 0 aliphatic heterocycles. The van der Waals surface area contributed by atoms with Gasteiger partial charge in [-0.3, -0.25) is 9.00 Å². The third-order valence-electron chi connectivity index (χ3n) is 3.25. The summed E-state index contributed by atoms with van der Waals surface area (Å²) in [5.41, 5.74) is 1.49. The molecule has 2 aromatic carbocycles. The van der Waals surface area contributed by atoms with Crippen molar-refractivity contribution in [1.82, 2.24) is 5.32 Å². The SMILES string of the molecule is CS(=O)Cc1cccc(C(=O)NCCCSc2ccc(F)cc2)c1. The van der Waals surface area contributed by atoms with E-state index in [0.29, 0.717) is 17.9 Å². The number of carbonyl (C=O) groups is 1. The summed E-state index contributed by atoms with van der Waals surface area (Å²) in [5, 5.41) is 2.89. The van der Waals surface area contributed by atoms with Crippen LogP contribution < -0.4 is 5.32 Å². The molecule has 24 heavy (non-hydrogen) atoms. The van der Waals surface area contributed by atoms with E-state index in [-0.39, 0.29) is 11.7 Å². The molecule has 1 amide bonds. The fourth-order valence-corrected chi connectivity index (χ4v) is 3.64. The molecule has 0 aliphatic carbocycles. The highest BCUT2D eigenvalue weighted by molar-refractivity contribution is 7.99. The fourth-order valence-electron chi connectivity index (χ4n) is 2.13. The van der Waals surface area contributed by atoms with Crippen molar-refractivity contribution in [2.24, 2.45) is 0 Å². The summed E-state index contributed by atoms with van der Waals surface area (Å²) in [6.45, 7) is 0.580. The number of benzene rings is 2. The maximum absolute atomic E-state index is 12.8. The second kappa shape index (κ2) is 9.59. The molecule has 0 saturated heterocycles. The van der Waals surface area contributed by atoms with Gasteiger partial charge in [-0.1, -0.05) is 12.1 Å². The van der Waals surface area contributed by atoms with Gasteiger partial charge in [-0.15, -0.1) is 11.8 Å². The maximum Gasteiger partial charge on any atom is 0.251 e. The minimum absolute atomic E-state index is 0.120. The smallest absolute Gasteiger partial charge is 0.251 e. The number of rotatable bonds is 8. The van der Waals surface area contributed by atoms with Crippen molar-refractivity contribution < 1.29 is 13.4 Å². The summed E-state index contributed by atoms with van der Waals surface area (Å²) in [7, 11) is -0.924. The number of halogens is 1. The van der Waals surface area contributed by atoms with E-state index in [9.17, 15) is 13.4 Å². The third-order valence-corrected chi connectivity index (χ3v) is 5.09. The van der Waals surface area contributed by atoms with Crippen LogP contribution in [0.25, 0.3) is 0 Å². The predicted octanol–water partition coefficient (Wildman–Crippen LogP) is 3.62. The summed E-state index contributed by atoms with van der Waals surface area (Å²) >= 11 is 1.63. The zero-order valence-electron chi connectivity index (χ0n) is 13.5. The van der Waals surface area contributed by atoms with Gasteiger partial charge in [0.1, 0.15) is 5.82 Å². The molecule has 0 saturated carbocycles. The molecule has 2 aromatic rings. The van der Waals surface area contributed by atoms with Crippen molar-refractivity contribution in [2.45, 2.75) is 17.1 Å². The van der Waals surface area contributed by atoms with Crippen LogP contribution in [0.15, 0.2) is 53.4 Å². The lowest BCUT2D eigenvalue weighted by Gasteiger charge is -2.07. The second-order valence-electron chi connectivity index (χ2n) is 5.33. The largest absolute Gasteiger partial charge is 0.352 e. The molecular formula is C18H20FNO2S2. The van der Waals surface area contributed by atoms with Gasteiger partial charge in [0.25, 0.3) is 5.91 Å². The maximum atomic E-state index is 12.8. The normalized spacial score (nSPS) is 11.9. The molecule has 1 N–H and O–H groups in total. The van der Waals surface area contributed by atoms with Gasteiger partial charge in [0.15, 0.2) is 0 Å². The Morgan fingerprint density at radius 2 is 1.96 bits per heavy atom. The van der Waals surface area contributed by atoms with E-state index < -0.39 is 10.8 Å². The Bertz CT molecular complexity index is 704. The van der Waals surface area contributed by atoms with Crippen LogP contribution in [-0.4, -0.2) is 28.7 Å². The first kappa shape index (κ1) is 18.7. The van der Waals surface area contributed by atoms with Crippen LogP contribution in [0.1, 0.15) is 22.3 Å². The number of amides is 1. The van der Waals surface area contributed by atoms with Crippen molar-refractivity contribution in [2.75, 3.05) is 18.6 Å². The van der Waals surface area contributed by atoms with E-state index >= 15 is 0 Å². The molecular weight excluding hydrogens is 345 g/mol. The van der Waals surface area contributed by atoms with Crippen molar-refractivity contribution in [1.29, 1.82) is 0 Å². The minimum atomic E-state index is -0.924. The molecule has 0 bridgehead atoms. The van der Waals surface area contributed by atoms with Gasteiger partial charge in [0.2, 0.25) is 0 Å². The first-order valence-corrected chi connectivity index (χ1v) is 10.3. The highest BCUT2D eigenvalue weighted by Crippen LogP contribution is 2.18. The zero-order valence-corrected chi connectivity index (χ0v) is 15.1. The van der Waals surface area contributed by atoms with Crippen molar-refractivity contribution in [3.8, 4) is 0 Å². The summed E-state index contributed by atoms with van der Waals surface area (Å²) in [6.07, 6.45) is 2.47. The van der Waals surface area contributed by atoms with Crippen molar-refractivity contribution >= 4 is 28.5 Å². The molecule has 0 radical (unpaired) electrons. The molecule has 0 aliphatic rings. The minimum Gasteiger partial charge on any atom is -0.352 e. The predicted molar refractivity (Wildman–Crippen MR) is 98.3 cm³/mol.